The van der Waals surface area contributed by atoms with E-state index in [0.29, 0.717) is 30.5 Å². The Morgan fingerprint density at radius 2 is 1.83 bits per heavy atom. The number of rotatable bonds is 6. The van der Waals surface area contributed by atoms with E-state index in [0.717, 1.165) is 64.3 Å². The van der Waals surface area contributed by atoms with Crippen LogP contribution in [-0.4, -0.2) is 66.9 Å². The van der Waals surface area contributed by atoms with Crippen LogP contribution in [0.3, 0.4) is 0 Å². The highest BCUT2D eigenvalue weighted by Crippen LogP contribution is 2.33. The summed E-state index contributed by atoms with van der Waals surface area (Å²) in [4.78, 5) is 19.0. The van der Waals surface area contributed by atoms with E-state index >= 15 is 0 Å². The van der Waals surface area contributed by atoms with Gasteiger partial charge in [-0.15, -0.1) is 0 Å². The first-order valence-electron chi connectivity index (χ1n) is 11.1. The third-order valence-corrected chi connectivity index (χ3v) is 6.72. The van der Waals surface area contributed by atoms with Crippen molar-refractivity contribution in [3.63, 3.8) is 0 Å². The quantitative estimate of drug-likeness (QED) is 0.682. The lowest BCUT2D eigenvalue weighted by molar-refractivity contribution is -0.138. The molecule has 0 radical (unpaired) electrons. The van der Waals surface area contributed by atoms with Crippen LogP contribution in [0.4, 0.5) is 13.2 Å². The van der Waals surface area contributed by atoms with Gasteiger partial charge in [-0.1, -0.05) is 18.2 Å². The Morgan fingerprint density at radius 3 is 2.53 bits per heavy atom. The first-order chi connectivity index (χ1) is 14.2. The van der Waals surface area contributed by atoms with Gasteiger partial charge in [-0.05, 0) is 76.3 Å². The summed E-state index contributed by atoms with van der Waals surface area (Å²) >= 11 is 0. The van der Waals surface area contributed by atoms with E-state index in [1.807, 2.05) is 11.9 Å². The average Bonchev–Trinajstić information content (AvgIpc) is 2.72. The second kappa shape index (κ2) is 10.1. The maximum absolute atomic E-state index is 13.3. The smallest absolute Gasteiger partial charge is 0.343 e. The van der Waals surface area contributed by atoms with E-state index in [-0.39, 0.29) is 5.91 Å². The van der Waals surface area contributed by atoms with Crippen LogP contribution in [0.15, 0.2) is 24.3 Å². The van der Waals surface area contributed by atoms with Gasteiger partial charge in [0.25, 0.3) is 0 Å². The summed E-state index contributed by atoms with van der Waals surface area (Å²) in [6, 6.07) is 6.18. The summed E-state index contributed by atoms with van der Waals surface area (Å²) in [7, 11) is 4.03. The molecule has 0 aliphatic carbocycles. The molecule has 4 nitrogen and oxygen atoms in total. The highest BCUT2D eigenvalue weighted by molar-refractivity contribution is 5.76. The molecule has 2 saturated heterocycles. The van der Waals surface area contributed by atoms with Gasteiger partial charge in [-0.2, -0.15) is 13.2 Å². The number of carbonyl (C=O) groups excluding carboxylic acids is 1. The zero-order chi connectivity index (χ0) is 21.7. The molecule has 168 valence electrons. The van der Waals surface area contributed by atoms with Crippen LogP contribution < -0.4 is 0 Å². The topological polar surface area (TPSA) is 26.8 Å². The highest BCUT2D eigenvalue weighted by atomic mass is 19.4. The van der Waals surface area contributed by atoms with Crippen molar-refractivity contribution in [2.75, 3.05) is 40.3 Å². The first kappa shape index (κ1) is 23.1. The van der Waals surface area contributed by atoms with Gasteiger partial charge < -0.3 is 9.80 Å². The van der Waals surface area contributed by atoms with Crippen LogP contribution >= 0.6 is 0 Å². The fourth-order valence-corrected chi connectivity index (χ4v) is 4.80. The second-order valence-corrected chi connectivity index (χ2v) is 8.98. The minimum absolute atomic E-state index is 0.198. The molecule has 0 spiro atoms. The van der Waals surface area contributed by atoms with Crippen molar-refractivity contribution >= 4 is 5.91 Å². The fraction of sp³-hybridized carbons (Fsp3) is 0.696. The molecule has 1 unspecified atom stereocenters. The summed E-state index contributed by atoms with van der Waals surface area (Å²) in [5.41, 5.74) is -0.203. The average molecular weight is 426 g/mol. The summed E-state index contributed by atoms with van der Waals surface area (Å²) in [6.45, 7) is 3.94. The van der Waals surface area contributed by atoms with E-state index in [4.69, 9.17) is 0 Å². The van der Waals surface area contributed by atoms with Crippen molar-refractivity contribution in [1.29, 1.82) is 0 Å². The number of halogens is 3. The molecule has 0 N–H and O–H groups in total. The van der Waals surface area contributed by atoms with Crippen LogP contribution in [0, 0.1) is 5.92 Å². The molecule has 2 fully saturated rings. The van der Waals surface area contributed by atoms with E-state index in [1.165, 1.54) is 6.07 Å². The van der Waals surface area contributed by atoms with Crippen LogP contribution in [0.1, 0.15) is 49.7 Å². The number of carbonyl (C=O) groups is 1. The molecule has 2 aliphatic rings. The molecule has 0 aromatic heterocycles. The van der Waals surface area contributed by atoms with Gasteiger partial charge in [-0.25, -0.2) is 0 Å². The summed E-state index contributed by atoms with van der Waals surface area (Å²) in [5, 5.41) is 0. The molecule has 1 atom stereocenters. The largest absolute Gasteiger partial charge is 0.416 e. The lowest BCUT2D eigenvalue weighted by Crippen LogP contribution is -2.44. The third-order valence-electron chi connectivity index (χ3n) is 6.72. The molecular formula is C23H34F3N3O. The van der Waals surface area contributed by atoms with Gasteiger partial charge in [0.05, 0.1) is 5.56 Å². The van der Waals surface area contributed by atoms with E-state index in [1.54, 1.807) is 12.1 Å². The van der Waals surface area contributed by atoms with E-state index in [9.17, 15) is 18.0 Å². The monoisotopic (exact) mass is 425 g/mol. The number of hydrogen-bond acceptors (Lipinski definition) is 3. The van der Waals surface area contributed by atoms with Crippen LogP contribution in [0.25, 0.3) is 0 Å². The van der Waals surface area contributed by atoms with Crippen LogP contribution in [0.2, 0.25) is 0 Å². The molecule has 0 saturated carbocycles. The van der Waals surface area contributed by atoms with Crippen LogP contribution in [0.5, 0.6) is 0 Å². The van der Waals surface area contributed by atoms with Crippen molar-refractivity contribution in [1.82, 2.24) is 14.7 Å². The highest BCUT2D eigenvalue weighted by Gasteiger charge is 2.33. The Hall–Kier alpha value is -1.60. The zero-order valence-electron chi connectivity index (χ0n) is 18.1. The van der Waals surface area contributed by atoms with Crippen molar-refractivity contribution in [2.45, 2.75) is 57.3 Å². The lowest BCUT2D eigenvalue weighted by atomic mass is 9.92. The van der Waals surface area contributed by atoms with Gasteiger partial charge in [0.2, 0.25) is 5.91 Å². The number of alkyl halides is 3. The maximum atomic E-state index is 13.3. The van der Waals surface area contributed by atoms with Crippen molar-refractivity contribution in [3.8, 4) is 0 Å². The Bertz CT molecular complexity index is 701. The number of amides is 1. The number of piperidine rings is 2. The van der Waals surface area contributed by atoms with Gasteiger partial charge in [-0.3, -0.25) is 9.69 Å². The lowest BCUT2D eigenvalue weighted by Gasteiger charge is -2.36. The minimum atomic E-state index is -4.32. The Labute approximate surface area is 178 Å². The molecule has 1 aromatic carbocycles. The standard InChI is InChI=1S/C23H34F3N3O/c1-27-14-11-20(12-15-27)28(2)22(30)10-9-18-6-5-13-29(16-18)17-19-7-3-4-8-21(19)23(24,25)26/h3-4,7-8,18,20H,5-6,9-17H2,1-2H3. The first-order valence-corrected chi connectivity index (χ1v) is 11.1. The molecular weight excluding hydrogens is 391 g/mol. The zero-order valence-corrected chi connectivity index (χ0v) is 18.1. The predicted molar refractivity (Wildman–Crippen MR) is 112 cm³/mol. The molecule has 1 amide bonds. The Kier molecular flexibility index (Phi) is 7.80. The minimum Gasteiger partial charge on any atom is -0.343 e. The Balaban J connectivity index is 1.49. The van der Waals surface area contributed by atoms with E-state index in [2.05, 4.69) is 16.8 Å². The van der Waals surface area contributed by atoms with Gasteiger partial charge in [0.1, 0.15) is 0 Å². The van der Waals surface area contributed by atoms with Gasteiger partial charge in [0.15, 0.2) is 0 Å². The van der Waals surface area contributed by atoms with Gasteiger partial charge in [0, 0.05) is 32.6 Å². The van der Waals surface area contributed by atoms with Gasteiger partial charge >= 0.3 is 6.18 Å². The number of benzene rings is 1. The molecule has 30 heavy (non-hydrogen) atoms. The fourth-order valence-electron chi connectivity index (χ4n) is 4.80. The third kappa shape index (κ3) is 6.20. The molecule has 3 rings (SSSR count). The Morgan fingerprint density at radius 1 is 1.13 bits per heavy atom. The SMILES string of the molecule is CN1CCC(N(C)C(=O)CCC2CCCN(Cc3ccccc3C(F)(F)F)C2)CC1. The van der Waals surface area contributed by atoms with Crippen molar-refractivity contribution in [3.05, 3.63) is 35.4 Å². The number of likely N-dealkylation sites (tertiary alicyclic amines) is 2. The normalized spacial score (nSPS) is 22.2. The molecule has 7 heteroatoms. The molecule has 1 aromatic rings. The summed E-state index contributed by atoms with van der Waals surface area (Å²) in [5.74, 6) is 0.565. The number of hydrogen-bond donors (Lipinski definition) is 0. The second-order valence-electron chi connectivity index (χ2n) is 8.98. The summed E-state index contributed by atoms with van der Waals surface area (Å²) in [6.07, 6.45) is 1.08. The molecule has 2 heterocycles. The summed E-state index contributed by atoms with van der Waals surface area (Å²) < 4.78 is 39.8. The number of nitrogens with zero attached hydrogens (tertiary/aromatic N) is 3. The van der Waals surface area contributed by atoms with Crippen molar-refractivity contribution in [2.24, 2.45) is 5.92 Å². The van der Waals surface area contributed by atoms with Crippen LogP contribution in [-0.2, 0) is 17.5 Å². The molecule has 0 bridgehead atoms. The maximum Gasteiger partial charge on any atom is 0.416 e. The molecule has 2 aliphatic heterocycles. The predicted octanol–water partition coefficient (Wildman–Crippen LogP) is 4.25. The van der Waals surface area contributed by atoms with Crippen molar-refractivity contribution < 1.29 is 18.0 Å². The van der Waals surface area contributed by atoms with E-state index < -0.39 is 11.7 Å².